The first kappa shape index (κ1) is 15.2. The van der Waals surface area contributed by atoms with E-state index < -0.39 is 0 Å². The van der Waals surface area contributed by atoms with E-state index >= 15 is 0 Å². The number of amides is 1. The van der Waals surface area contributed by atoms with Gasteiger partial charge in [-0.25, -0.2) is 0 Å². The highest BCUT2D eigenvalue weighted by Crippen LogP contribution is 2.09. The van der Waals surface area contributed by atoms with Crippen molar-refractivity contribution in [3.63, 3.8) is 0 Å². The van der Waals surface area contributed by atoms with Gasteiger partial charge in [0.2, 0.25) is 5.91 Å². The highest BCUT2D eigenvalue weighted by atomic mass is 79.9. The van der Waals surface area contributed by atoms with Crippen LogP contribution in [0.15, 0.2) is 28.7 Å². The van der Waals surface area contributed by atoms with Crippen LogP contribution in [-0.2, 0) is 11.3 Å². The number of carbonyl (C=O) groups is 1. The second-order valence-corrected chi connectivity index (χ2v) is 5.23. The standard InChI is InChI=1S/C14H21BrN2O/c1-3-13(4-2)17-14(18)10-16-9-11-5-7-12(15)8-6-11/h5-8,13,16H,3-4,9-10H2,1-2H3,(H,17,18). The van der Waals surface area contributed by atoms with Crippen LogP contribution < -0.4 is 10.6 Å². The van der Waals surface area contributed by atoms with Gasteiger partial charge in [0.25, 0.3) is 0 Å². The van der Waals surface area contributed by atoms with Gasteiger partial charge in [0.1, 0.15) is 0 Å². The Morgan fingerprint density at radius 1 is 1.22 bits per heavy atom. The van der Waals surface area contributed by atoms with E-state index in [1.807, 2.05) is 24.3 Å². The molecule has 1 rings (SSSR count). The van der Waals surface area contributed by atoms with Crippen molar-refractivity contribution in [2.45, 2.75) is 39.3 Å². The minimum absolute atomic E-state index is 0.0702. The first-order valence-corrected chi connectivity index (χ1v) is 7.19. The fraction of sp³-hybridized carbons (Fsp3) is 0.500. The van der Waals surface area contributed by atoms with E-state index in [9.17, 15) is 4.79 Å². The smallest absolute Gasteiger partial charge is 0.234 e. The van der Waals surface area contributed by atoms with Crippen LogP contribution >= 0.6 is 15.9 Å². The Labute approximate surface area is 117 Å². The molecule has 0 saturated heterocycles. The Morgan fingerprint density at radius 3 is 2.39 bits per heavy atom. The summed E-state index contributed by atoms with van der Waals surface area (Å²) in [5, 5.41) is 6.15. The summed E-state index contributed by atoms with van der Waals surface area (Å²) in [6.07, 6.45) is 1.96. The summed E-state index contributed by atoms with van der Waals surface area (Å²) < 4.78 is 1.07. The van der Waals surface area contributed by atoms with E-state index in [1.165, 1.54) is 5.56 Å². The van der Waals surface area contributed by atoms with Crippen molar-refractivity contribution in [1.29, 1.82) is 0 Å². The molecule has 1 aromatic carbocycles. The van der Waals surface area contributed by atoms with Crippen molar-refractivity contribution < 1.29 is 4.79 Å². The third kappa shape index (κ3) is 5.65. The second-order valence-electron chi connectivity index (χ2n) is 4.31. The van der Waals surface area contributed by atoms with Gasteiger partial charge < -0.3 is 10.6 Å². The molecule has 0 aliphatic rings. The number of hydrogen-bond acceptors (Lipinski definition) is 2. The van der Waals surface area contributed by atoms with Crippen molar-refractivity contribution in [2.24, 2.45) is 0 Å². The molecule has 0 fully saturated rings. The summed E-state index contributed by atoms with van der Waals surface area (Å²) in [5.74, 6) is 0.0702. The fourth-order valence-corrected chi connectivity index (χ4v) is 1.96. The molecule has 0 aliphatic heterocycles. The minimum atomic E-state index is 0.0702. The van der Waals surface area contributed by atoms with Gasteiger partial charge in [-0.15, -0.1) is 0 Å². The molecule has 0 atom stereocenters. The van der Waals surface area contributed by atoms with Crippen molar-refractivity contribution in [2.75, 3.05) is 6.54 Å². The lowest BCUT2D eigenvalue weighted by molar-refractivity contribution is -0.121. The molecule has 2 N–H and O–H groups in total. The van der Waals surface area contributed by atoms with Crippen LogP contribution in [0.2, 0.25) is 0 Å². The molecule has 100 valence electrons. The molecule has 3 nitrogen and oxygen atoms in total. The monoisotopic (exact) mass is 312 g/mol. The third-order valence-electron chi connectivity index (χ3n) is 2.88. The molecule has 4 heteroatoms. The topological polar surface area (TPSA) is 41.1 Å². The van der Waals surface area contributed by atoms with E-state index in [-0.39, 0.29) is 5.91 Å². The Hall–Kier alpha value is -0.870. The van der Waals surface area contributed by atoms with Gasteiger partial charge >= 0.3 is 0 Å². The first-order chi connectivity index (χ1) is 8.65. The Morgan fingerprint density at radius 2 is 1.83 bits per heavy atom. The van der Waals surface area contributed by atoms with Crippen LogP contribution in [0.3, 0.4) is 0 Å². The zero-order chi connectivity index (χ0) is 13.4. The number of benzene rings is 1. The summed E-state index contributed by atoms with van der Waals surface area (Å²) in [7, 11) is 0. The molecule has 0 aliphatic carbocycles. The molecule has 0 spiro atoms. The number of rotatable bonds is 7. The average Bonchev–Trinajstić information content (AvgIpc) is 2.38. The van der Waals surface area contributed by atoms with Gasteiger partial charge in [-0.2, -0.15) is 0 Å². The van der Waals surface area contributed by atoms with Crippen LogP contribution in [0.5, 0.6) is 0 Å². The van der Waals surface area contributed by atoms with Gasteiger partial charge in [-0.05, 0) is 30.5 Å². The van der Waals surface area contributed by atoms with Crippen molar-refractivity contribution in [3.8, 4) is 0 Å². The zero-order valence-corrected chi connectivity index (χ0v) is 12.6. The molecule has 1 aromatic rings. The van der Waals surface area contributed by atoms with E-state index in [1.54, 1.807) is 0 Å². The summed E-state index contributed by atoms with van der Waals surface area (Å²) in [5.41, 5.74) is 1.17. The summed E-state index contributed by atoms with van der Waals surface area (Å²) in [6.45, 7) is 5.25. The van der Waals surface area contributed by atoms with Crippen LogP contribution in [0.1, 0.15) is 32.3 Å². The lowest BCUT2D eigenvalue weighted by atomic mass is 10.2. The molecule has 0 unspecified atom stereocenters. The quantitative estimate of drug-likeness (QED) is 0.813. The number of hydrogen-bond donors (Lipinski definition) is 2. The summed E-state index contributed by atoms with van der Waals surface area (Å²) in [6, 6.07) is 8.38. The van der Waals surface area contributed by atoms with E-state index in [2.05, 4.69) is 40.4 Å². The predicted molar refractivity (Wildman–Crippen MR) is 78.4 cm³/mol. The van der Waals surface area contributed by atoms with Gasteiger partial charge in [0.15, 0.2) is 0 Å². The maximum atomic E-state index is 11.6. The number of carbonyl (C=O) groups excluding carboxylic acids is 1. The van der Waals surface area contributed by atoms with Gasteiger partial charge in [0, 0.05) is 17.1 Å². The molecule has 18 heavy (non-hydrogen) atoms. The third-order valence-corrected chi connectivity index (χ3v) is 3.41. The fourth-order valence-electron chi connectivity index (χ4n) is 1.69. The number of nitrogens with one attached hydrogen (secondary N) is 2. The van der Waals surface area contributed by atoms with Gasteiger partial charge in [-0.3, -0.25) is 4.79 Å². The Balaban J connectivity index is 2.25. The Kier molecular flexibility index (Phi) is 6.98. The first-order valence-electron chi connectivity index (χ1n) is 6.40. The lowest BCUT2D eigenvalue weighted by Crippen LogP contribution is -2.39. The van der Waals surface area contributed by atoms with Gasteiger partial charge in [-0.1, -0.05) is 41.9 Å². The highest BCUT2D eigenvalue weighted by molar-refractivity contribution is 9.10. The molecule has 0 heterocycles. The molecule has 0 bridgehead atoms. The summed E-state index contributed by atoms with van der Waals surface area (Å²) >= 11 is 3.40. The summed E-state index contributed by atoms with van der Waals surface area (Å²) in [4.78, 5) is 11.6. The maximum Gasteiger partial charge on any atom is 0.234 e. The van der Waals surface area contributed by atoms with E-state index in [0.29, 0.717) is 19.1 Å². The van der Waals surface area contributed by atoms with Crippen molar-refractivity contribution in [1.82, 2.24) is 10.6 Å². The zero-order valence-electron chi connectivity index (χ0n) is 11.0. The minimum Gasteiger partial charge on any atom is -0.352 e. The molecular formula is C14H21BrN2O. The van der Waals surface area contributed by atoms with Gasteiger partial charge in [0.05, 0.1) is 6.54 Å². The van der Waals surface area contributed by atoms with Crippen LogP contribution in [0, 0.1) is 0 Å². The van der Waals surface area contributed by atoms with Crippen LogP contribution in [-0.4, -0.2) is 18.5 Å². The predicted octanol–water partition coefficient (Wildman–Crippen LogP) is 2.84. The molecule has 1 amide bonds. The molecule has 0 saturated carbocycles. The maximum absolute atomic E-state index is 11.6. The number of halogens is 1. The Bertz CT molecular complexity index is 361. The highest BCUT2D eigenvalue weighted by Gasteiger charge is 2.07. The second kappa shape index (κ2) is 8.27. The molecule has 0 aromatic heterocycles. The average molecular weight is 313 g/mol. The molecular weight excluding hydrogens is 292 g/mol. The largest absolute Gasteiger partial charge is 0.352 e. The SMILES string of the molecule is CCC(CC)NC(=O)CNCc1ccc(Br)cc1. The molecule has 0 radical (unpaired) electrons. The van der Waals surface area contributed by atoms with Crippen LogP contribution in [0.4, 0.5) is 0 Å². The van der Waals surface area contributed by atoms with Crippen LogP contribution in [0.25, 0.3) is 0 Å². The lowest BCUT2D eigenvalue weighted by Gasteiger charge is -2.14. The van der Waals surface area contributed by atoms with E-state index in [4.69, 9.17) is 0 Å². The van der Waals surface area contributed by atoms with Crippen molar-refractivity contribution >= 4 is 21.8 Å². The van der Waals surface area contributed by atoms with E-state index in [0.717, 1.165) is 17.3 Å². The normalized spacial score (nSPS) is 10.7. The van der Waals surface area contributed by atoms with Crippen molar-refractivity contribution in [3.05, 3.63) is 34.3 Å².